The van der Waals surface area contributed by atoms with Crippen LogP contribution in [0, 0.1) is 0 Å². The van der Waals surface area contributed by atoms with Gasteiger partial charge in [-0.05, 0) is 26.1 Å². The largest absolute Gasteiger partial charge is 0.415 e. The summed E-state index contributed by atoms with van der Waals surface area (Å²) in [7, 11) is -1.43. The molecule has 182 valence electrons. The van der Waals surface area contributed by atoms with Crippen molar-refractivity contribution >= 4 is 8.32 Å². The Labute approximate surface area is 184 Å². The summed E-state index contributed by atoms with van der Waals surface area (Å²) in [5.74, 6) is 0. The molecule has 30 heavy (non-hydrogen) atoms. The smallest absolute Gasteiger partial charge is 0.183 e. The minimum Gasteiger partial charge on any atom is -0.415 e. The van der Waals surface area contributed by atoms with Gasteiger partial charge < -0.3 is 37.6 Å². The fourth-order valence-electron chi connectivity index (χ4n) is 2.07. The molecule has 0 aromatic rings. The molecule has 0 spiro atoms. The van der Waals surface area contributed by atoms with Gasteiger partial charge in [-0.25, -0.2) is 0 Å². The highest BCUT2D eigenvalue weighted by Gasteiger charge is 2.12. The predicted molar refractivity (Wildman–Crippen MR) is 120 cm³/mol. The second kappa shape index (κ2) is 23.6. The third-order valence-electron chi connectivity index (χ3n) is 3.64. The fourth-order valence-corrected chi connectivity index (χ4v) is 2.77. The maximum atomic E-state index is 5.70. The zero-order valence-corrected chi connectivity index (χ0v) is 20.8. The Morgan fingerprint density at radius 1 is 0.400 bits per heavy atom. The van der Waals surface area contributed by atoms with Crippen molar-refractivity contribution in [1.29, 1.82) is 0 Å². The number of ether oxygens (including phenoxy) is 7. The molecule has 0 radical (unpaired) electrons. The van der Waals surface area contributed by atoms with Gasteiger partial charge in [0.2, 0.25) is 0 Å². The van der Waals surface area contributed by atoms with Crippen LogP contribution in [0.25, 0.3) is 0 Å². The normalized spacial score (nSPS) is 12.0. The van der Waals surface area contributed by atoms with E-state index in [9.17, 15) is 0 Å². The number of hydrogen-bond donors (Lipinski definition) is 0. The molecule has 0 N–H and O–H groups in total. The molecule has 0 fully saturated rings. The Morgan fingerprint density at radius 3 is 0.933 bits per heavy atom. The fraction of sp³-hybridized carbons (Fsp3) is 1.00. The molecule has 0 amide bonds. The van der Waals surface area contributed by atoms with Crippen LogP contribution >= 0.6 is 0 Å². The van der Waals surface area contributed by atoms with E-state index in [1.807, 2.05) is 0 Å². The zero-order valence-electron chi connectivity index (χ0n) is 19.8. The Bertz CT molecular complexity index is 329. The van der Waals surface area contributed by atoms with Crippen LogP contribution in [0.1, 0.15) is 19.8 Å². The Kier molecular flexibility index (Phi) is 23.5. The van der Waals surface area contributed by atoms with Crippen LogP contribution in [0.15, 0.2) is 0 Å². The average molecular weight is 455 g/mol. The van der Waals surface area contributed by atoms with Crippen molar-refractivity contribution in [2.45, 2.75) is 39.4 Å². The molecule has 0 heterocycles. The third kappa shape index (κ3) is 27.9. The number of unbranched alkanes of at least 4 members (excludes halogenated alkanes) is 1. The van der Waals surface area contributed by atoms with Crippen LogP contribution < -0.4 is 0 Å². The molecule has 0 aliphatic carbocycles. The van der Waals surface area contributed by atoms with Gasteiger partial charge in [0.1, 0.15) is 0 Å². The average Bonchev–Trinajstić information content (AvgIpc) is 2.70. The highest BCUT2D eigenvalue weighted by molar-refractivity contribution is 6.69. The molecule has 0 rings (SSSR count). The Balaban J connectivity index is 3.02. The molecule has 9 heteroatoms. The van der Waals surface area contributed by atoms with Crippen molar-refractivity contribution in [3.05, 3.63) is 0 Å². The van der Waals surface area contributed by atoms with Crippen LogP contribution in [-0.2, 0) is 37.6 Å². The van der Waals surface area contributed by atoms with Gasteiger partial charge in [0, 0.05) is 6.61 Å². The first-order valence-electron chi connectivity index (χ1n) is 11.2. The van der Waals surface area contributed by atoms with E-state index < -0.39 is 8.32 Å². The molecule has 0 atom stereocenters. The van der Waals surface area contributed by atoms with Crippen molar-refractivity contribution in [1.82, 2.24) is 0 Å². The summed E-state index contributed by atoms with van der Waals surface area (Å²) >= 11 is 0. The first-order valence-corrected chi connectivity index (χ1v) is 14.6. The van der Waals surface area contributed by atoms with Gasteiger partial charge in [-0.1, -0.05) is 13.3 Å². The molecule has 0 unspecified atom stereocenters. The van der Waals surface area contributed by atoms with E-state index in [-0.39, 0.29) is 0 Å². The number of rotatable bonds is 25. The van der Waals surface area contributed by atoms with Crippen LogP contribution in [-0.4, -0.2) is 107 Å². The first-order chi connectivity index (χ1) is 14.6. The lowest BCUT2D eigenvalue weighted by atomic mass is 10.4. The minimum atomic E-state index is -1.43. The first kappa shape index (κ1) is 29.9. The maximum Gasteiger partial charge on any atom is 0.183 e. The molecule has 0 saturated carbocycles. The van der Waals surface area contributed by atoms with Crippen molar-refractivity contribution in [3.63, 3.8) is 0 Å². The summed E-state index contributed by atoms with van der Waals surface area (Å²) < 4.78 is 43.7. The Morgan fingerprint density at radius 2 is 0.667 bits per heavy atom. The van der Waals surface area contributed by atoms with Gasteiger partial charge in [0.25, 0.3) is 0 Å². The van der Waals surface area contributed by atoms with E-state index in [2.05, 4.69) is 26.6 Å². The van der Waals surface area contributed by atoms with Gasteiger partial charge in [-0.2, -0.15) is 0 Å². The van der Waals surface area contributed by atoms with Crippen LogP contribution in [0.3, 0.4) is 0 Å². The second-order valence-corrected chi connectivity index (χ2v) is 12.1. The molecule has 0 bridgehead atoms. The van der Waals surface area contributed by atoms with Crippen molar-refractivity contribution in [3.8, 4) is 0 Å². The summed E-state index contributed by atoms with van der Waals surface area (Å²) in [6.07, 6.45) is 2.26. The lowest BCUT2D eigenvalue weighted by Gasteiger charge is -2.16. The lowest BCUT2D eigenvalue weighted by molar-refractivity contribution is -0.0213. The molecule has 0 aliphatic heterocycles. The summed E-state index contributed by atoms with van der Waals surface area (Å²) in [5, 5.41) is 0. The third-order valence-corrected chi connectivity index (χ3v) is 4.71. The van der Waals surface area contributed by atoms with E-state index in [1.165, 1.54) is 0 Å². The quantitative estimate of drug-likeness (QED) is 0.154. The molecule has 0 aromatic heterocycles. The van der Waals surface area contributed by atoms with Crippen LogP contribution in [0.2, 0.25) is 19.6 Å². The number of hydrogen-bond acceptors (Lipinski definition) is 8. The molecule has 0 saturated heterocycles. The highest BCUT2D eigenvalue weighted by atomic mass is 28.4. The van der Waals surface area contributed by atoms with E-state index >= 15 is 0 Å². The van der Waals surface area contributed by atoms with Gasteiger partial charge >= 0.3 is 0 Å². The maximum absolute atomic E-state index is 5.70. The van der Waals surface area contributed by atoms with E-state index in [0.717, 1.165) is 19.4 Å². The lowest BCUT2D eigenvalue weighted by Crippen LogP contribution is -2.27. The summed E-state index contributed by atoms with van der Waals surface area (Å²) in [6, 6.07) is 0. The standard InChI is InChI=1S/C21H46O8Si/c1-5-6-7-22-8-9-23-10-11-24-12-13-25-14-15-26-16-17-27-18-19-28-20-21-29-30(2,3)4/h5-21H2,1-4H3. The predicted octanol–water partition coefficient (Wildman–Crippen LogP) is 2.75. The van der Waals surface area contributed by atoms with Crippen LogP contribution in [0.4, 0.5) is 0 Å². The summed E-state index contributed by atoms with van der Waals surface area (Å²) in [4.78, 5) is 0. The van der Waals surface area contributed by atoms with Crippen molar-refractivity contribution in [2.24, 2.45) is 0 Å². The molecule has 8 nitrogen and oxygen atoms in total. The molecule has 0 aliphatic rings. The van der Waals surface area contributed by atoms with Gasteiger partial charge in [0.15, 0.2) is 8.32 Å². The van der Waals surface area contributed by atoms with E-state index in [4.69, 9.17) is 37.6 Å². The van der Waals surface area contributed by atoms with Crippen molar-refractivity contribution < 1.29 is 37.6 Å². The van der Waals surface area contributed by atoms with Crippen molar-refractivity contribution in [2.75, 3.05) is 99.1 Å². The Hall–Kier alpha value is -0.103. The molecular weight excluding hydrogens is 408 g/mol. The topological polar surface area (TPSA) is 73.8 Å². The van der Waals surface area contributed by atoms with E-state index in [0.29, 0.717) is 92.5 Å². The minimum absolute atomic E-state index is 0.551. The van der Waals surface area contributed by atoms with E-state index in [1.54, 1.807) is 0 Å². The van der Waals surface area contributed by atoms with Gasteiger partial charge in [-0.15, -0.1) is 0 Å². The molecular formula is C21H46O8Si. The summed E-state index contributed by atoms with van der Waals surface area (Å²) in [6.45, 7) is 17.6. The van der Waals surface area contributed by atoms with Gasteiger partial charge in [0.05, 0.1) is 92.5 Å². The molecule has 0 aromatic carbocycles. The second-order valence-electron chi connectivity index (χ2n) is 7.60. The summed E-state index contributed by atoms with van der Waals surface area (Å²) in [5.41, 5.74) is 0. The van der Waals surface area contributed by atoms with Gasteiger partial charge in [-0.3, -0.25) is 0 Å². The zero-order chi connectivity index (χ0) is 22.2. The monoisotopic (exact) mass is 454 g/mol. The highest BCUT2D eigenvalue weighted by Crippen LogP contribution is 2.01. The van der Waals surface area contributed by atoms with Crippen LogP contribution in [0.5, 0.6) is 0 Å². The SMILES string of the molecule is CCCCOCCOCCOCCOCCOCCOCCOCCO[Si](C)(C)C.